The molecular weight excluding hydrogens is 263 g/mol. The summed E-state index contributed by atoms with van der Waals surface area (Å²) < 4.78 is 17.6. The van der Waals surface area contributed by atoms with E-state index in [2.05, 4.69) is 10.1 Å². The first-order chi connectivity index (χ1) is 9.45. The number of carbonyl (C=O) groups is 2. The first-order valence-corrected chi connectivity index (χ1v) is 6.40. The van der Waals surface area contributed by atoms with Gasteiger partial charge in [-0.05, 0) is 43.5 Å². The molecule has 1 aromatic rings. The van der Waals surface area contributed by atoms with Crippen LogP contribution in [0.5, 0.6) is 0 Å². The van der Waals surface area contributed by atoms with Gasteiger partial charge in [0.2, 0.25) is 5.91 Å². The third kappa shape index (κ3) is 4.62. The highest BCUT2D eigenvalue weighted by molar-refractivity contribution is 6.01. The van der Waals surface area contributed by atoms with Gasteiger partial charge in [0.25, 0.3) is 0 Å². The molecule has 20 heavy (non-hydrogen) atoms. The van der Waals surface area contributed by atoms with E-state index in [9.17, 15) is 14.0 Å². The van der Waals surface area contributed by atoms with Crippen molar-refractivity contribution in [2.45, 2.75) is 26.3 Å². The molecule has 0 saturated heterocycles. The summed E-state index contributed by atoms with van der Waals surface area (Å²) >= 11 is 0. The Morgan fingerprint density at radius 3 is 2.75 bits per heavy atom. The third-order valence-corrected chi connectivity index (χ3v) is 2.82. The highest BCUT2D eigenvalue weighted by atomic mass is 19.1. The number of nitrogens with one attached hydrogen (secondary N) is 1. The Hall–Kier alpha value is -1.95. The maximum absolute atomic E-state index is 12.9. The van der Waals surface area contributed by atoms with Crippen LogP contribution in [-0.2, 0) is 20.7 Å². The van der Waals surface area contributed by atoms with Gasteiger partial charge in [0.15, 0.2) is 6.04 Å². The predicted molar refractivity (Wildman–Crippen MR) is 72.5 cm³/mol. The van der Waals surface area contributed by atoms with Crippen LogP contribution in [0.3, 0.4) is 0 Å². The maximum atomic E-state index is 12.9. The second-order valence-electron chi connectivity index (χ2n) is 4.34. The fourth-order valence-corrected chi connectivity index (χ4v) is 1.71. The number of halogens is 1. The van der Waals surface area contributed by atoms with Crippen LogP contribution in [0.4, 0.5) is 4.39 Å². The van der Waals surface area contributed by atoms with Gasteiger partial charge in [-0.2, -0.15) is 0 Å². The SMILES string of the molecule is CCOC(=O)C(N)C(=O)NCCc1ccc(F)cc1C. The minimum atomic E-state index is -1.32. The van der Waals surface area contributed by atoms with E-state index in [0.29, 0.717) is 13.0 Å². The number of ether oxygens (including phenoxy) is 1. The van der Waals surface area contributed by atoms with Crippen molar-refractivity contribution in [3.05, 3.63) is 35.1 Å². The van der Waals surface area contributed by atoms with E-state index >= 15 is 0 Å². The molecule has 0 aliphatic rings. The van der Waals surface area contributed by atoms with Gasteiger partial charge in [0.1, 0.15) is 5.82 Å². The smallest absolute Gasteiger partial charge is 0.332 e. The highest BCUT2D eigenvalue weighted by Crippen LogP contribution is 2.10. The standard InChI is InChI=1S/C14H19FN2O3/c1-3-20-14(19)12(16)13(18)17-7-6-10-4-5-11(15)8-9(10)2/h4-5,8,12H,3,6-7,16H2,1-2H3,(H,17,18). The number of benzene rings is 1. The largest absolute Gasteiger partial charge is 0.464 e. The van der Waals surface area contributed by atoms with E-state index in [-0.39, 0.29) is 12.4 Å². The van der Waals surface area contributed by atoms with E-state index in [0.717, 1.165) is 11.1 Å². The van der Waals surface area contributed by atoms with Crippen molar-refractivity contribution < 1.29 is 18.7 Å². The topological polar surface area (TPSA) is 81.4 Å². The van der Waals surface area contributed by atoms with Gasteiger partial charge in [0.05, 0.1) is 6.61 Å². The summed E-state index contributed by atoms with van der Waals surface area (Å²) in [5.41, 5.74) is 7.18. The van der Waals surface area contributed by atoms with Crippen LogP contribution >= 0.6 is 0 Å². The monoisotopic (exact) mass is 282 g/mol. The first kappa shape index (κ1) is 16.1. The number of rotatable bonds is 6. The molecule has 1 rings (SSSR count). The van der Waals surface area contributed by atoms with Crippen molar-refractivity contribution in [2.24, 2.45) is 5.73 Å². The van der Waals surface area contributed by atoms with Crippen molar-refractivity contribution in [3.8, 4) is 0 Å². The van der Waals surface area contributed by atoms with Gasteiger partial charge in [-0.15, -0.1) is 0 Å². The molecule has 0 saturated carbocycles. The van der Waals surface area contributed by atoms with Crippen LogP contribution in [0.25, 0.3) is 0 Å². The summed E-state index contributed by atoms with van der Waals surface area (Å²) in [5, 5.41) is 2.55. The van der Waals surface area contributed by atoms with E-state index < -0.39 is 17.9 Å². The molecule has 0 fully saturated rings. The minimum Gasteiger partial charge on any atom is -0.464 e. The van der Waals surface area contributed by atoms with Crippen molar-refractivity contribution in [1.82, 2.24) is 5.32 Å². The van der Waals surface area contributed by atoms with E-state index in [1.807, 2.05) is 0 Å². The second kappa shape index (κ2) is 7.59. The van der Waals surface area contributed by atoms with Gasteiger partial charge in [-0.3, -0.25) is 4.79 Å². The zero-order chi connectivity index (χ0) is 15.1. The summed E-state index contributed by atoms with van der Waals surface area (Å²) in [6.45, 7) is 3.93. The van der Waals surface area contributed by atoms with Crippen molar-refractivity contribution >= 4 is 11.9 Å². The van der Waals surface area contributed by atoms with Crippen LogP contribution in [0.2, 0.25) is 0 Å². The Kier molecular flexibility index (Phi) is 6.11. The lowest BCUT2D eigenvalue weighted by atomic mass is 10.1. The molecule has 0 aromatic heterocycles. The van der Waals surface area contributed by atoms with Crippen LogP contribution in [0.1, 0.15) is 18.1 Å². The zero-order valence-corrected chi connectivity index (χ0v) is 11.6. The molecule has 6 heteroatoms. The Bertz CT molecular complexity index is 491. The fraction of sp³-hybridized carbons (Fsp3) is 0.429. The Morgan fingerprint density at radius 1 is 1.45 bits per heavy atom. The molecule has 1 atom stereocenters. The van der Waals surface area contributed by atoms with Crippen LogP contribution < -0.4 is 11.1 Å². The summed E-state index contributed by atoms with van der Waals surface area (Å²) in [5.74, 6) is -1.62. The Labute approximate surface area is 117 Å². The van der Waals surface area contributed by atoms with Crippen LogP contribution in [-0.4, -0.2) is 31.1 Å². The predicted octanol–water partition coefficient (Wildman–Crippen LogP) is 0.683. The first-order valence-electron chi connectivity index (χ1n) is 6.40. The van der Waals surface area contributed by atoms with Crippen molar-refractivity contribution in [1.29, 1.82) is 0 Å². The molecule has 0 spiro atoms. The molecule has 3 N–H and O–H groups in total. The molecule has 0 aliphatic carbocycles. The van der Waals surface area contributed by atoms with Crippen LogP contribution in [0.15, 0.2) is 18.2 Å². The van der Waals surface area contributed by atoms with E-state index in [1.54, 1.807) is 19.9 Å². The van der Waals surface area contributed by atoms with Gasteiger partial charge in [-0.25, -0.2) is 9.18 Å². The summed E-state index contributed by atoms with van der Waals surface area (Å²) in [6.07, 6.45) is 0.535. The molecule has 5 nitrogen and oxygen atoms in total. The van der Waals surface area contributed by atoms with Crippen molar-refractivity contribution in [3.63, 3.8) is 0 Å². The lowest BCUT2D eigenvalue weighted by molar-refractivity contribution is -0.147. The van der Waals surface area contributed by atoms with Gasteiger partial charge < -0.3 is 15.8 Å². The number of esters is 1. The third-order valence-electron chi connectivity index (χ3n) is 2.82. The van der Waals surface area contributed by atoms with E-state index in [1.165, 1.54) is 12.1 Å². The average Bonchev–Trinajstić information content (AvgIpc) is 2.40. The molecule has 0 heterocycles. The molecule has 1 amide bonds. The summed E-state index contributed by atoms with van der Waals surface area (Å²) in [7, 11) is 0. The Morgan fingerprint density at radius 2 is 2.15 bits per heavy atom. The van der Waals surface area contributed by atoms with Gasteiger partial charge >= 0.3 is 5.97 Å². The van der Waals surface area contributed by atoms with E-state index in [4.69, 9.17) is 5.73 Å². The normalized spacial score (nSPS) is 11.8. The minimum absolute atomic E-state index is 0.175. The molecular formula is C14H19FN2O3. The number of hydrogen-bond acceptors (Lipinski definition) is 4. The highest BCUT2D eigenvalue weighted by Gasteiger charge is 2.22. The molecule has 0 aliphatic heterocycles. The lowest BCUT2D eigenvalue weighted by Gasteiger charge is -2.11. The summed E-state index contributed by atoms with van der Waals surface area (Å²) in [6, 6.07) is 3.15. The number of carbonyl (C=O) groups excluding carboxylic acids is 2. The zero-order valence-electron chi connectivity index (χ0n) is 11.6. The number of amides is 1. The number of aryl methyl sites for hydroxylation is 1. The molecule has 0 radical (unpaired) electrons. The number of nitrogens with two attached hydrogens (primary N) is 1. The summed E-state index contributed by atoms with van der Waals surface area (Å²) in [4.78, 5) is 22.9. The fourth-order valence-electron chi connectivity index (χ4n) is 1.71. The number of hydrogen-bond donors (Lipinski definition) is 2. The molecule has 1 aromatic carbocycles. The van der Waals surface area contributed by atoms with Crippen molar-refractivity contribution in [2.75, 3.05) is 13.2 Å². The van der Waals surface area contributed by atoms with Gasteiger partial charge in [-0.1, -0.05) is 6.07 Å². The Balaban J connectivity index is 2.44. The van der Waals surface area contributed by atoms with Gasteiger partial charge in [0, 0.05) is 6.54 Å². The average molecular weight is 282 g/mol. The second-order valence-corrected chi connectivity index (χ2v) is 4.34. The van der Waals surface area contributed by atoms with Crippen LogP contribution in [0, 0.1) is 12.7 Å². The maximum Gasteiger partial charge on any atom is 0.332 e. The lowest BCUT2D eigenvalue weighted by Crippen LogP contribution is -2.47. The molecule has 0 bridgehead atoms. The molecule has 110 valence electrons. The quantitative estimate of drug-likeness (QED) is 0.594. The molecule has 1 unspecified atom stereocenters.